The smallest absolute Gasteiger partial charge is 0.330 e. The molecule has 1 aromatic rings. The number of aromatic amines is 1. The van der Waals surface area contributed by atoms with Crippen LogP contribution >= 0.6 is 0 Å². The van der Waals surface area contributed by atoms with Crippen molar-refractivity contribution < 1.29 is 23.7 Å². The lowest BCUT2D eigenvalue weighted by Crippen LogP contribution is -2.36. The van der Waals surface area contributed by atoms with Crippen LogP contribution < -0.4 is 11.2 Å². The van der Waals surface area contributed by atoms with Crippen molar-refractivity contribution >= 4 is 0 Å². The van der Waals surface area contributed by atoms with Crippen molar-refractivity contribution in [2.45, 2.75) is 31.8 Å². The molecule has 3 N–H and O–H groups in total. The molecule has 0 radical (unpaired) electrons. The van der Waals surface area contributed by atoms with E-state index in [-0.39, 0.29) is 13.0 Å². The number of aliphatic hydroxyl groups excluding tert-OH is 2. The van der Waals surface area contributed by atoms with Gasteiger partial charge in [0.25, 0.3) is 5.56 Å². The highest BCUT2D eigenvalue weighted by Gasteiger charge is 2.37. The number of halogens is 2. The van der Waals surface area contributed by atoms with Crippen molar-refractivity contribution in [1.82, 2.24) is 9.55 Å². The van der Waals surface area contributed by atoms with Gasteiger partial charge in [0, 0.05) is 13.0 Å². The zero-order valence-corrected chi connectivity index (χ0v) is 10.8. The van der Waals surface area contributed by atoms with E-state index in [1.54, 1.807) is 11.9 Å². The molecule has 0 amide bonds. The molecule has 20 heavy (non-hydrogen) atoms. The molecule has 2 rings (SSSR count). The number of H-pyrrole nitrogens is 1. The summed E-state index contributed by atoms with van der Waals surface area (Å²) in [6, 6.07) is 0. The fourth-order valence-electron chi connectivity index (χ4n) is 1.71. The Kier molecular flexibility index (Phi) is 5.99. The Labute approximate surface area is 112 Å². The average Bonchev–Trinajstić information content (AvgIpc) is 2.76. The van der Waals surface area contributed by atoms with E-state index < -0.39 is 42.2 Å². The number of alkyl halides is 1. The fourth-order valence-corrected chi connectivity index (χ4v) is 1.71. The molecule has 0 aliphatic carbocycles. The monoisotopic (exact) mass is 294 g/mol. The molecule has 3 atom stereocenters. The van der Waals surface area contributed by atoms with Gasteiger partial charge in [-0.15, -0.1) is 0 Å². The zero-order chi connectivity index (χ0) is 15.3. The van der Waals surface area contributed by atoms with Crippen molar-refractivity contribution in [2.24, 2.45) is 0 Å². The van der Waals surface area contributed by atoms with E-state index in [9.17, 15) is 18.4 Å². The van der Waals surface area contributed by atoms with Gasteiger partial charge in [-0.3, -0.25) is 14.3 Å². The summed E-state index contributed by atoms with van der Waals surface area (Å²) >= 11 is 0. The summed E-state index contributed by atoms with van der Waals surface area (Å²) < 4.78 is 32.2. The van der Waals surface area contributed by atoms with Crippen molar-refractivity contribution in [3.8, 4) is 0 Å². The molecule has 3 unspecified atom stereocenters. The predicted octanol–water partition coefficient (Wildman–Crippen LogP) is -0.708. The number of aliphatic hydroxyl groups is 2. The predicted molar refractivity (Wildman–Crippen MR) is 64.5 cm³/mol. The molecular weight excluding hydrogens is 278 g/mol. The summed E-state index contributed by atoms with van der Waals surface area (Å²) in [7, 11) is 0. The largest absolute Gasteiger partial charge is 0.397 e. The third-order valence-corrected chi connectivity index (χ3v) is 2.53. The van der Waals surface area contributed by atoms with Crippen LogP contribution in [0, 0.1) is 5.82 Å². The first-order valence-corrected chi connectivity index (χ1v) is 5.96. The Bertz CT molecular complexity index is 544. The Morgan fingerprint density at radius 1 is 1.50 bits per heavy atom. The number of nitrogens with one attached hydrogen (secondary N) is 1. The SMILES string of the molecule is CCO.O=c1[nH]c(=O)n(C2OC(CO)CC2F)cc1F. The van der Waals surface area contributed by atoms with E-state index in [0.717, 1.165) is 0 Å². The van der Waals surface area contributed by atoms with Gasteiger partial charge >= 0.3 is 5.69 Å². The highest BCUT2D eigenvalue weighted by atomic mass is 19.1. The van der Waals surface area contributed by atoms with Gasteiger partial charge in [-0.2, -0.15) is 4.39 Å². The highest BCUT2D eigenvalue weighted by molar-refractivity contribution is 4.91. The summed E-state index contributed by atoms with van der Waals surface area (Å²) in [5.74, 6) is -1.20. The van der Waals surface area contributed by atoms with E-state index in [1.807, 2.05) is 0 Å². The van der Waals surface area contributed by atoms with Crippen LogP contribution in [0.5, 0.6) is 0 Å². The summed E-state index contributed by atoms with van der Waals surface area (Å²) in [5.41, 5.74) is -2.12. The summed E-state index contributed by atoms with van der Waals surface area (Å²) in [5, 5.41) is 16.4. The van der Waals surface area contributed by atoms with Gasteiger partial charge in [-0.1, -0.05) is 0 Å². The lowest BCUT2D eigenvalue weighted by Gasteiger charge is -2.15. The van der Waals surface area contributed by atoms with E-state index >= 15 is 0 Å². The van der Waals surface area contributed by atoms with Crippen LogP contribution in [0.4, 0.5) is 8.78 Å². The minimum atomic E-state index is -1.55. The highest BCUT2D eigenvalue weighted by Crippen LogP contribution is 2.29. The first kappa shape index (κ1) is 16.5. The Morgan fingerprint density at radius 2 is 2.10 bits per heavy atom. The van der Waals surface area contributed by atoms with Gasteiger partial charge < -0.3 is 14.9 Å². The van der Waals surface area contributed by atoms with Crippen molar-refractivity contribution in [2.75, 3.05) is 13.2 Å². The molecule has 1 aliphatic heterocycles. The van der Waals surface area contributed by atoms with Crippen LogP contribution in [-0.2, 0) is 4.74 Å². The van der Waals surface area contributed by atoms with Gasteiger partial charge in [0.05, 0.1) is 18.9 Å². The van der Waals surface area contributed by atoms with Gasteiger partial charge in [-0.25, -0.2) is 9.18 Å². The zero-order valence-electron chi connectivity index (χ0n) is 10.8. The lowest BCUT2D eigenvalue weighted by atomic mass is 10.2. The molecule has 1 aliphatic rings. The number of ether oxygens (including phenoxy) is 1. The normalized spacial score (nSPS) is 25.1. The summed E-state index contributed by atoms with van der Waals surface area (Å²) in [6.07, 6.45) is -3.11. The van der Waals surface area contributed by atoms with E-state index in [0.29, 0.717) is 10.8 Å². The van der Waals surface area contributed by atoms with Gasteiger partial charge in [0.15, 0.2) is 6.23 Å². The van der Waals surface area contributed by atoms with Gasteiger partial charge in [0.1, 0.15) is 6.17 Å². The second-order valence-corrected chi connectivity index (χ2v) is 4.04. The Morgan fingerprint density at radius 3 is 2.60 bits per heavy atom. The van der Waals surface area contributed by atoms with Gasteiger partial charge in [0.2, 0.25) is 5.82 Å². The second kappa shape index (κ2) is 7.27. The molecular formula is C11H16F2N2O5. The molecule has 0 aromatic carbocycles. The van der Waals surface area contributed by atoms with Crippen LogP contribution in [0.3, 0.4) is 0 Å². The molecule has 2 heterocycles. The van der Waals surface area contributed by atoms with Crippen LogP contribution in [0.1, 0.15) is 19.6 Å². The van der Waals surface area contributed by atoms with E-state index in [1.165, 1.54) is 0 Å². The molecule has 0 bridgehead atoms. The minimum Gasteiger partial charge on any atom is -0.397 e. The van der Waals surface area contributed by atoms with E-state index in [4.69, 9.17) is 14.9 Å². The number of hydrogen-bond acceptors (Lipinski definition) is 5. The number of nitrogens with zero attached hydrogens (tertiary/aromatic N) is 1. The number of rotatable bonds is 2. The first-order valence-electron chi connectivity index (χ1n) is 5.96. The van der Waals surface area contributed by atoms with Crippen molar-refractivity contribution in [1.29, 1.82) is 0 Å². The third-order valence-electron chi connectivity index (χ3n) is 2.53. The molecule has 0 saturated carbocycles. The molecule has 1 fully saturated rings. The van der Waals surface area contributed by atoms with Crippen LogP contribution in [0.2, 0.25) is 0 Å². The number of aromatic nitrogens is 2. The van der Waals surface area contributed by atoms with Crippen molar-refractivity contribution in [3.63, 3.8) is 0 Å². The quantitative estimate of drug-likeness (QED) is 0.668. The minimum absolute atomic E-state index is 0.0889. The molecule has 0 spiro atoms. The summed E-state index contributed by atoms with van der Waals surface area (Å²) in [6.45, 7) is 1.54. The maximum Gasteiger partial charge on any atom is 0.330 e. The molecule has 9 heteroatoms. The Hall–Kier alpha value is -1.58. The summed E-state index contributed by atoms with van der Waals surface area (Å²) in [4.78, 5) is 23.8. The topological polar surface area (TPSA) is 105 Å². The van der Waals surface area contributed by atoms with Crippen molar-refractivity contribution in [3.05, 3.63) is 32.9 Å². The fraction of sp³-hybridized carbons (Fsp3) is 0.636. The first-order chi connectivity index (χ1) is 9.44. The molecule has 1 saturated heterocycles. The molecule has 114 valence electrons. The van der Waals surface area contributed by atoms with Crippen LogP contribution in [0.25, 0.3) is 0 Å². The van der Waals surface area contributed by atoms with Gasteiger partial charge in [-0.05, 0) is 6.92 Å². The third kappa shape index (κ3) is 3.71. The lowest BCUT2D eigenvalue weighted by molar-refractivity contribution is -0.0399. The standard InChI is InChI=1S/C9H10F2N2O4.C2H6O/c10-5-1-4(3-14)17-8(5)13-2-6(11)7(15)12-9(13)16;1-2-3/h2,4-5,8,14H,1,3H2,(H,12,15,16);3H,2H2,1H3. The molecule has 7 nitrogen and oxygen atoms in total. The average molecular weight is 294 g/mol. The Balaban J connectivity index is 0.000000612. The molecule has 1 aromatic heterocycles. The van der Waals surface area contributed by atoms with Crippen LogP contribution in [0.15, 0.2) is 15.8 Å². The maximum absolute atomic E-state index is 13.5. The maximum atomic E-state index is 13.5. The number of hydrogen-bond donors (Lipinski definition) is 3. The van der Waals surface area contributed by atoms with E-state index in [2.05, 4.69) is 0 Å². The second-order valence-electron chi connectivity index (χ2n) is 4.04. The van der Waals surface area contributed by atoms with Crippen LogP contribution in [-0.4, -0.2) is 45.3 Å².